The zero-order valence-corrected chi connectivity index (χ0v) is 15.8. The maximum absolute atomic E-state index is 12.2. The van der Waals surface area contributed by atoms with Gasteiger partial charge in [-0.25, -0.2) is 0 Å². The molecule has 0 aromatic heterocycles. The Balaban J connectivity index is 1.66. The summed E-state index contributed by atoms with van der Waals surface area (Å²) in [7, 11) is 0. The number of carbonyl (C=O) groups excluding carboxylic acids is 1. The summed E-state index contributed by atoms with van der Waals surface area (Å²) in [5.41, 5.74) is 1.85. The van der Waals surface area contributed by atoms with Crippen LogP contribution in [-0.2, 0) is 4.79 Å². The topological polar surface area (TPSA) is 38.3 Å². The van der Waals surface area contributed by atoms with Crippen LogP contribution in [0.1, 0.15) is 25.3 Å². The van der Waals surface area contributed by atoms with E-state index < -0.39 is 0 Å². The van der Waals surface area contributed by atoms with E-state index in [4.69, 9.17) is 4.74 Å². The predicted molar refractivity (Wildman–Crippen MR) is 106 cm³/mol. The van der Waals surface area contributed by atoms with Crippen molar-refractivity contribution in [2.24, 2.45) is 0 Å². The highest BCUT2D eigenvalue weighted by atomic mass is 79.9. The maximum Gasteiger partial charge on any atom is 0.262 e. The molecule has 0 radical (unpaired) electrons. The monoisotopic (exact) mass is 397 g/mol. The molecule has 1 amide bonds. The van der Waals surface area contributed by atoms with Crippen molar-refractivity contribution in [3.05, 3.63) is 70.7 Å². The van der Waals surface area contributed by atoms with Crippen molar-refractivity contribution in [1.82, 2.24) is 0 Å². The molecule has 0 atom stereocenters. The Labute approximate surface area is 156 Å². The highest BCUT2D eigenvalue weighted by Crippen LogP contribution is 2.29. The summed E-state index contributed by atoms with van der Waals surface area (Å²) in [6.45, 7) is 4.18. The molecule has 128 valence electrons. The van der Waals surface area contributed by atoms with Crippen molar-refractivity contribution >= 4 is 38.3 Å². The molecular weight excluding hydrogens is 378 g/mol. The quantitative estimate of drug-likeness (QED) is 0.595. The zero-order valence-electron chi connectivity index (χ0n) is 14.3. The number of halogens is 1. The zero-order chi connectivity index (χ0) is 17.8. The van der Waals surface area contributed by atoms with Gasteiger partial charge in [-0.1, -0.05) is 60.1 Å². The van der Waals surface area contributed by atoms with E-state index >= 15 is 0 Å². The molecule has 0 aliphatic carbocycles. The fourth-order valence-corrected chi connectivity index (χ4v) is 3.09. The number of rotatable bonds is 5. The Kier molecular flexibility index (Phi) is 5.39. The van der Waals surface area contributed by atoms with Gasteiger partial charge < -0.3 is 10.1 Å². The van der Waals surface area contributed by atoms with Crippen molar-refractivity contribution in [1.29, 1.82) is 0 Å². The second-order valence-electron chi connectivity index (χ2n) is 6.24. The molecule has 3 aromatic rings. The molecule has 3 aromatic carbocycles. The third-order valence-electron chi connectivity index (χ3n) is 3.99. The Morgan fingerprint density at radius 2 is 1.80 bits per heavy atom. The van der Waals surface area contributed by atoms with Gasteiger partial charge in [-0.05, 0) is 52.6 Å². The molecule has 1 N–H and O–H groups in total. The Bertz CT molecular complexity index is 905. The minimum atomic E-state index is -0.173. The van der Waals surface area contributed by atoms with Crippen LogP contribution < -0.4 is 10.1 Å². The number of carbonyl (C=O) groups is 1. The third kappa shape index (κ3) is 4.40. The van der Waals surface area contributed by atoms with Gasteiger partial charge in [0.2, 0.25) is 0 Å². The number of hydrogen-bond donors (Lipinski definition) is 1. The molecule has 4 heteroatoms. The van der Waals surface area contributed by atoms with E-state index in [2.05, 4.69) is 35.1 Å². The molecule has 0 unspecified atom stereocenters. The first-order valence-electron chi connectivity index (χ1n) is 8.24. The van der Waals surface area contributed by atoms with Crippen LogP contribution in [0.15, 0.2) is 65.1 Å². The van der Waals surface area contributed by atoms with Crippen LogP contribution in [0.25, 0.3) is 10.8 Å². The van der Waals surface area contributed by atoms with E-state index in [1.807, 2.05) is 60.7 Å². The lowest BCUT2D eigenvalue weighted by Crippen LogP contribution is -2.20. The number of amides is 1. The lowest BCUT2D eigenvalue weighted by Gasteiger charge is -2.14. The van der Waals surface area contributed by atoms with Gasteiger partial charge in [-0.2, -0.15) is 0 Å². The second kappa shape index (κ2) is 7.70. The van der Waals surface area contributed by atoms with Gasteiger partial charge in [-0.3, -0.25) is 4.79 Å². The number of ether oxygens (including phenoxy) is 1. The molecular formula is C21H20BrNO2. The van der Waals surface area contributed by atoms with Gasteiger partial charge >= 0.3 is 0 Å². The second-order valence-corrected chi connectivity index (χ2v) is 7.15. The van der Waals surface area contributed by atoms with E-state index in [-0.39, 0.29) is 12.5 Å². The number of fused-ring (bicyclic) bond motifs is 1. The summed E-state index contributed by atoms with van der Waals surface area (Å²) in [4.78, 5) is 12.2. The van der Waals surface area contributed by atoms with Gasteiger partial charge in [-0.15, -0.1) is 0 Å². The van der Waals surface area contributed by atoms with E-state index in [9.17, 15) is 4.79 Å². The van der Waals surface area contributed by atoms with E-state index in [1.165, 1.54) is 0 Å². The summed E-state index contributed by atoms with van der Waals surface area (Å²) < 4.78 is 6.75. The van der Waals surface area contributed by atoms with Gasteiger partial charge in [0.25, 0.3) is 5.91 Å². The Morgan fingerprint density at radius 1 is 1.04 bits per heavy atom. The summed E-state index contributed by atoms with van der Waals surface area (Å²) in [5.74, 6) is 0.885. The standard InChI is InChI=1S/C21H20BrNO2/c1-14(2)19-12-17(22)8-10-20(19)25-13-21(24)23-18-9-7-15-5-3-4-6-16(15)11-18/h3-12,14H,13H2,1-2H3,(H,23,24). The van der Waals surface area contributed by atoms with Gasteiger partial charge in [0.05, 0.1) is 0 Å². The molecule has 0 saturated heterocycles. The van der Waals surface area contributed by atoms with Crippen LogP contribution in [0.4, 0.5) is 5.69 Å². The molecule has 25 heavy (non-hydrogen) atoms. The van der Waals surface area contributed by atoms with Crippen LogP contribution in [0.5, 0.6) is 5.75 Å². The Hall–Kier alpha value is -2.33. The lowest BCUT2D eigenvalue weighted by molar-refractivity contribution is -0.118. The normalized spacial score (nSPS) is 10.9. The molecule has 0 bridgehead atoms. The first-order chi connectivity index (χ1) is 12.0. The maximum atomic E-state index is 12.2. The molecule has 0 spiro atoms. The number of hydrogen-bond acceptors (Lipinski definition) is 2. The average molecular weight is 398 g/mol. The molecule has 3 nitrogen and oxygen atoms in total. The molecule has 0 fully saturated rings. The SMILES string of the molecule is CC(C)c1cc(Br)ccc1OCC(=O)Nc1ccc2ccccc2c1. The van der Waals surface area contributed by atoms with Crippen LogP contribution >= 0.6 is 15.9 Å². The van der Waals surface area contributed by atoms with Gasteiger partial charge in [0.1, 0.15) is 5.75 Å². The van der Waals surface area contributed by atoms with Crippen molar-refractivity contribution in [2.45, 2.75) is 19.8 Å². The van der Waals surface area contributed by atoms with Crippen LogP contribution in [0, 0.1) is 0 Å². The number of nitrogens with one attached hydrogen (secondary N) is 1. The largest absolute Gasteiger partial charge is 0.483 e. The minimum Gasteiger partial charge on any atom is -0.483 e. The summed E-state index contributed by atoms with van der Waals surface area (Å²) in [5, 5.41) is 5.13. The predicted octanol–water partition coefficient (Wildman–Crippen LogP) is 5.74. The first kappa shape index (κ1) is 17.5. The van der Waals surface area contributed by atoms with E-state index in [0.29, 0.717) is 5.92 Å². The van der Waals surface area contributed by atoms with Crippen LogP contribution in [-0.4, -0.2) is 12.5 Å². The lowest BCUT2D eigenvalue weighted by atomic mass is 10.0. The fourth-order valence-electron chi connectivity index (χ4n) is 2.71. The van der Waals surface area contributed by atoms with E-state index in [1.54, 1.807) is 0 Å². The van der Waals surface area contributed by atoms with Gasteiger partial charge in [0.15, 0.2) is 6.61 Å². The van der Waals surface area contributed by atoms with Crippen molar-refractivity contribution in [3.8, 4) is 5.75 Å². The number of benzene rings is 3. The van der Waals surface area contributed by atoms with E-state index in [0.717, 1.165) is 32.2 Å². The van der Waals surface area contributed by atoms with Crippen LogP contribution in [0.2, 0.25) is 0 Å². The molecule has 0 aliphatic rings. The van der Waals surface area contributed by atoms with Gasteiger partial charge in [0, 0.05) is 10.2 Å². The molecule has 3 rings (SSSR count). The summed E-state index contributed by atoms with van der Waals surface area (Å²) in [6.07, 6.45) is 0. The average Bonchev–Trinajstić information content (AvgIpc) is 2.60. The minimum absolute atomic E-state index is 0.0197. The molecule has 0 aliphatic heterocycles. The van der Waals surface area contributed by atoms with Crippen LogP contribution in [0.3, 0.4) is 0 Å². The summed E-state index contributed by atoms with van der Waals surface area (Å²) in [6, 6.07) is 19.8. The Morgan fingerprint density at radius 3 is 2.56 bits per heavy atom. The molecule has 0 heterocycles. The smallest absolute Gasteiger partial charge is 0.262 e. The first-order valence-corrected chi connectivity index (χ1v) is 9.03. The van der Waals surface area contributed by atoms with Crippen molar-refractivity contribution < 1.29 is 9.53 Å². The highest BCUT2D eigenvalue weighted by molar-refractivity contribution is 9.10. The summed E-state index contributed by atoms with van der Waals surface area (Å²) >= 11 is 3.47. The number of anilines is 1. The van der Waals surface area contributed by atoms with Crippen molar-refractivity contribution in [3.63, 3.8) is 0 Å². The molecule has 0 saturated carbocycles. The third-order valence-corrected chi connectivity index (χ3v) is 4.48. The fraction of sp³-hybridized carbons (Fsp3) is 0.190. The van der Waals surface area contributed by atoms with Crippen molar-refractivity contribution in [2.75, 3.05) is 11.9 Å². The highest BCUT2D eigenvalue weighted by Gasteiger charge is 2.11.